The Morgan fingerprint density at radius 3 is 2.44 bits per heavy atom. The molecule has 0 atom stereocenters. The maximum atomic E-state index is 12.5. The van der Waals surface area contributed by atoms with E-state index in [1.54, 1.807) is 47.2 Å². The molecular formula is C16H9N5O3S. The first-order chi connectivity index (χ1) is 12.2. The van der Waals surface area contributed by atoms with E-state index in [0.717, 1.165) is 0 Å². The SMILES string of the molecule is O=C1c2ccccc2C(=O)N1Cc1nn2c(-c3ccco3)nnc2s1. The fraction of sp³-hybridized carbons (Fsp3) is 0.0625. The third-order valence-corrected chi connectivity index (χ3v) is 4.83. The molecule has 3 aromatic heterocycles. The smallest absolute Gasteiger partial charge is 0.261 e. The molecule has 0 fully saturated rings. The molecule has 2 amide bonds. The van der Waals surface area contributed by atoms with Crippen LogP contribution < -0.4 is 0 Å². The van der Waals surface area contributed by atoms with Crippen LogP contribution in [0, 0.1) is 0 Å². The number of carbonyl (C=O) groups excluding carboxylic acids is 2. The number of aromatic nitrogens is 4. The van der Waals surface area contributed by atoms with Crippen molar-refractivity contribution in [2.45, 2.75) is 6.54 Å². The first-order valence-corrected chi connectivity index (χ1v) is 8.24. The predicted molar refractivity (Wildman–Crippen MR) is 87.0 cm³/mol. The number of imide groups is 1. The summed E-state index contributed by atoms with van der Waals surface area (Å²) in [4.78, 5) is 26.7. The van der Waals surface area contributed by atoms with Crippen molar-refractivity contribution in [3.05, 3.63) is 58.8 Å². The highest BCUT2D eigenvalue weighted by molar-refractivity contribution is 7.16. The lowest BCUT2D eigenvalue weighted by molar-refractivity contribution is 0.0642. The van der Waals surface area contributed by atoms with E-state index in [1.165, 1.54) is 16.2 Å². The Hall–Kier alpha value is -3.33. The fourth-order valence-corrected chi connectivity index (χ4v) is 3.62. The van der Waals surface area contributed by atoms with Crippen LogP contribution in [0.5, 0.6) is 0 Å². The van der Waals surface area contributed by atoms with Gasteiger partial charge in [0.25, 0.3) is 11.8 Å². The number of hydrogen-bond donors (Lipinski definition) is 0. The van der Waals surface area contributed by atoms with Gasteiger partial charge >= 0.3 is 0 Å². The topological polar surface area (TPSA) is 93.6 Å². The Kier molecular flexibility index (Phi) is 2.86. The molecule has 0 radical (unpaired) electrons. The van der Waals surface area contributed by atoms with Gasteiger partial charge in [0, 0.05) is 0 Å². The van der Waals surface area contributed by atoms with Gasteiger partial charge in [0.1, 0.15) is 5.01 Å². The molecule has 8 nitrogen and oxygen atoms in total. The quantitative estimate of drug-likeness (QED) is 0.526. The van der Waals surface area contributed by atoms with Crippen molar-refractivity contribution >= 4 is 28.1 Å². The van der Waals surface area contributed by atoms with Crippen molar-refractivity contribution in [2.24, 2.45) is 0 Å². The zero-order valence-corrected chi connectivity index (χ0v) is 13.4. The molecule has 1 aliphatic heterocycles. The number of rotatable bonds is 3. The average Bonchev–Trinajstić information content (AvgIpc) is 3.37. The Morgan fingerprint density at radius 1 is 1.00 bits per heavy atom. The Bertz CT molecular complexity index is 1090. The van der Waals surface area contributed by atoms with Crippen LogP contribution in [0.4, 0.5) is 0 Å². The molecule has 9 heteroatoms. The lowest BCUT2D eigenvalue weighted by atomic mass is 10.1. The highest BCUT2D eigenvalue weighted by Crippen LogP contribution is 2.27. The van der Waals surface area contributed by atoms with Crippen LogP contribution in [0.1, 0.15) is 25.7 Å². The average molecular weight is 351 g/mol. The van der Waals surface area contributed by atoms with E-state index in [9.17, 15) is 9.59 Å². The minimum atomic E-state index is -0.308. The van der Waals surface area contributed by atoms with Gasteiger partial charge in [-0.15, -0.1) is 10.2 Å². The first-order valence-electron chi connectivity index (χ1n) is 7.42. The zero-order chi connectivity index (χ0) is 17.0. The standard InChI is InChI=1S/C16H9N5O3S/c22-14-9-4-1-2-5-10(9)15(23)20(14)8-12-19-21-13(11-6-3-7-24-11)17-18-16(21)25-12/h1-7H,8H2. The van der Waals surface area contributed by atoms with Gasteiger partial charge < -0.3 is 4.42 Å². The van der Waals surface area contributed by atoms with Gasteiger partial charge in [-0.3, -0.25) is 14.5 Å². The molecule has 1 aliphatic rings. The normalized spacial score (nSPS) is 13.8. The summed E-state index contributed by atoms with van der Waals surface area (Å²) in [6.45, 7) is 0.0952. The molecular weight excluding hydrogens is 342 g/mol. The number of fused-ring (bicyclic) bond motifs is 2. The van der Waals surface area contributed by atoms with Crippen LogP contribution in [0.25, 0.3) is 16.5 Å². The van der Waals surface area contributed by atoms with Crippen LogP contribution in [-0.4, -0.2) is 36.5 Å². The number of amides is 2. The van der Waals surface area contributed by atoms with Crippen LogP contribution in [-0.2, 0) is 6.54 Å². The second-order valence-corrected chi connectivity index (χ2v) is 6.47. The van der Waals surface area contributed by atoms with Crippen molar-refractivity contribution < 1.29 is 14.0 Å². The number of furan rings is 1. The molecule has 0 N–H and O–H groups in total. The largest absolute Gasteiger partial charge is 0.461 e. The highest BCUT2D eigenvalue weighted by Gasteiger charge is 2.35. The Morgan fingerprint density at radius 2 is 1.76 bits per heavy atom. The zero-order valence-electron chi connectivity index (χ0n) is 12.6. The van der Waals surface area contributed by atoms with Crippen molar-refractivity contribution in [3.63, 3.8) is 0 Å². The minimum absolute atomic E-state index is 0.0952. The van der Waals surface area contributed by atoms with Gasteiger partial charge in [-0.1, -0.05) is 23.5 Å². The molecule has 1 aromatic carbocycles. The molecule has 0 bridgehead atoms. The first kappa shape index (κ1) is 14.1. The van der Waals surface area contributed by atoms with E-state index in [2.05, 4.69) is 15.3 Å². The van der Waals surface area contributed by atoms with Gasteiger partial charge in [-0.05, 0) is 24.3 Å². The van der Waals surface area contributed by atoms with Crippen molar-refractivity contribution in [3.8, 4) is 11.6 Å². The summed E-state index contributed by atoms with van der Waals surface area (Å²) >= 11 is 1.28. The molecule has 0 saturated carbocycles. The van der Waals surface area contributed by atoms with E-state index in [-0.39, 0.29) is 18.4 Å². The van der Waals surface area contributed by atoms with Crippen molar-refractivity contribution in [1.29, 1.82) is 0 Å². The molecule has 122 valence electrons. The van der Waals surface area contributed by atoms with E-state index >= 15 is 0 Å². The summed E-state index contributed by atoms with van der Waals surface area (Å²) in [5.74, 6) is 0.408. The summed E-state index contributed by atoms with van der Waals surface area (Å²) in [5.41, 5.74) is 0.846. The van der Waals surface area contributed by atoms with Crippen LogP contribution in [0.3, 0.4) is 0 Å². The number of benzene rings is 1. The molecule has 25 heavy (non-hydrogen) atoms. The predicted octanol–water partition coefficient (Wildman–Crippen LogP) is 2.24. The second-order valence-electron chi connectivity index (χ2n) is 5.43. The molecule has 0 unspecified atom stereocenters. The van der Waals surface area contributed by atoms with Crippen LogP contribution >= 0.6 is 11.3 Å². The van der Waals surface area contributed by atoms with Gasteiger partial charge in [-0.25, -0.2) is 0 Å². The summed E-state index contributed by atoms with van der Waals surface area (Å²) in [6.07, 6.45) is 1.54. The molecule has 4 heterocycles. The molecule has 0 aliphatic carbocycles. The Labute approximate surface area is 144 Å². The number of hydrogen-bond acceptors (Lipinski definition) is 7. The molecule has 0 spiro atoms. The molecule has 0 saturated heterocycles. The number of carbonyl (C=O) groups is 2. The van der Waals surface area contributed by atoms with Crippen LogP contribution in [0.2, 0.25) is 0 Å². The fourth-order valence-electron chi connectivity index (χ4n) is 2.80. The van der Waals surface area contributed by atoms with Crippen LogP contribution in [0.15, 0.2) is 47.1 Å². The molecule has 5 rings (SSSR count). The van der Waals surface area contributed by atoms with E-state index in [4.69, 9.17) is 4.42 Å². The van der Waals surface area contributed by atoms with Crippen molar-refractivity contribution in [2.75, 3.05) is 0 Å². The third-order valence-electron chi connectivity index (χ3n) is 3.95. The van der Waals surface area contributed by atoms with Gasteiger partial charge in [-0.2, -0.15) is 9.61 Å². The van der Waals surface area contributed by atoms with Crippen molar-refractivity contribution in [1.82, 2.24) is 24.7 Å². The second kappa shape index (κ2) is 5.08. The summed E-state index contributed by atoms with van der Waals surface area (Å²) in [6, 6.07) is 10.3. The van der Waals surface area contributed by atoms with E-state index in [1.807, 2.05) is 0 Å². The monoisotopic (exact) mass is 351 g/mol. The van der Waals surface area contributed by atoms with E-state index < -0.39 is 0 Å². The Balaban J connectivity index is 1.49. The van der Waals surface area contributed by atoms with E-state index in [0.29, 0.717) is 32.7 Å². The van der Waals surface area contributed by atoms with Gasteiger partial charge in [0.05, 0.1) is 23.9 Å². The van der Waals surface area contributed by atoms with Gasteiger partial charge in [0.15, 0.2) is 5.76 Å². The molecule has 4 aromatic rings. The third kappa shape index (κ3) is 2.02. The minimum Gasteiger partial charge on any atom is -0.461 e. The lowest BCUT2D eigenvalue weighted by Gasteiger charge is -2.10. The number of nitrogens with zero attached hydrogens (tertiary/aromatic N) is 5. The lowest BCUT2D eigenvalue weighted by Crippen LogP contribution is -2.29. The summed E-state index contributed by atoms with van der Waals surface area (Å²) < 4.78 is 6.88. The summed E-state index contributed by atoms with van der Waals surface area (Å²) in [5, 5.41) is 13.1. The summed E-state index contributed by atoms with van der Waals surface area (Å²) in [7, 11) is 0. The maximum Gasteiger partial charge on any atom is 0.261 e. The van der Waals surface area contributed by atoms with Gasteiger partial charge in [0.2, 0.25) is 10.8 Å². The highest BCUT2D eigenvalue weighted by atomic mass is 32.1. The maximum absolute atomic E-state index is 12.5.